The molecule has 0 atom stereocenters. The molecule has 0 bridgehead atoms. The van der Waals surface area contributed by atoms with Crippen LogP contribution in [0, 0.1) is 5.82 Å². The van der Waals surface area contributed by atoms with Crippen molar-refractivity contribution < 1.29 is 12.8 Å². The van der Waals surface area contributed by atoms with E-state index in [1.54, 1.807) is 6.92 Å². The zero-order valence-corrected chi connectivity index (χ0v) is 13.3. The third kappa shape index (κ3) is 2.74. The van der Waals surface area contributed by atoms with Crippen molar-refractivity contribution in [2.75, 3.05) is 5.73 Å². The van der Waals surface area contributed by atoms with Crippen LogP contribution in [-0.2, 0) is 10.0 Å². The van der Waals surface area contributed by atoms with E-state index in [0.29, 0.717) is 0 Å². The van der Waals surface area contributed by atoms with Crippen LogP contribution in [0.1, 0.15) is 26.2 Å². The molecule has 1 aliphatic rings. The molecule has 0 radical (unpaired) electrons. The predicted molar refractivity (Wildman–Crippen MR) is 76.1 cm³/mol. The SMILES string of the molecule is CC1(NS(=O)(=O)c2cc(Cl)c(Br)c(N)c2F)CCC1. The quantitative estimate of drug-likeness (QED) is 0.633. The lowest BCUT2D eigenvalue weighted by molar-refractivity contribution is 0.247. The van der Waals surface area contributed by atoms with Crippen molar-refractivity contribution in [3.8, 4) is 0 Å². The van der Waals surface area contributed by atoms with Gasteiger partial charge in [0.15, 0.2) is 5.82 Å². The van der Waals surface area contributed by atoms with Gasteiger partial charge in [0.05, 0.1) is 15.2 Å². The summed E-state index contributed by atoms with van der Waals surface area (Å²) in [5.74, 6) is -0.994. The molecule has 1 saturated carbocycles. The van der Waals surface area contributed by atoms with Gasteiger partial charge in [-0.05, 0) is 48.2 Å². The van der Waals surface area contributed by atoms with Crippen LogP contribution in [0.3, 0.4) is 0 Å². The molecule has 0 aliphatic heterocycles. The monoisotopic (exact) mass is 370 g/mol. The van der Waals surface area contributed by atoms with Gasteiger partial charge in [-0.2, -0.15) is 0 Å². The summed E-state index contributed by atoms with van der Waals surface area (Å²) in [6, 6.07) is 1.06. The van der Waals surface area contributed by atoms with Crippen LogP contribution in [0.2, 0.25) is 5.02 Å². The Labute approximate surface area is 124 Å². The minimum atomic E-state index is -3.98. The second-order valence-electron chi connectivity index (χ2n) is 4.92. The smallest absolute Gasteiger partial charge is 0.244 e. The standard InChI is InChI=1S/C11H13BrClFN2O2S/c1-11(3-2-4-11)16-19(17,18)7-5-6(13)8(12)10(15)9(7)14/h5,16H,2-4,15H2,1H3. The third-order valence-corrected chi connectivity index (χ3v) is 6.30. The van der Waals surface area contributed by atoms with E-state index in [9.17, 15) is 12.8 Å². The molecule has 19 heavy (non-hydrogen) atoms. The van der Waals surface area contributed by atoms with Crippen LogP contribution in [0.25, 0.3) is 0 Å². The third-order valence-electron chi connectivity index (χ3n) is 3.28. The molecule has 0 spiro atoms. The van der Waals surface area contributed by atoms with Gasteiger partial charge in [-0.3, -0.25) is 0 Å². The van der Waals surface area contributed by atoms with Gasteiger partial charge in [-0.1, -0.05) is 11.6 Å². The second-order valence-corrected chi connectivity index (χ2v) is 7.77. The Morgan fingerprint density at radius 2 is 2.11 bits per heavy atom. The first-order chi connectivity index (χ1) is 8.66. The fraction of sp³-hybridized carbons (Fsp3) is 0.455. The molecular formula is C11H13BrClFN2O2S. The predicted octanol–water partition coefficient (Wildman–Crippen LogP) is 3.04. The number of sulfonamides is 1. The van der Waals surface area contributed by atoms with Crippen molar-refractivity contribution in [3.05, 3.63) is 21.4 Å². The highest BCUT2D eigenvalue weighted by molar-refractivity contribution is 9.10. The number of hydrogen-bond acceptors (Lipinski definition) is 3. The number of hydrogen-bond donors (Lipinski definition) is 2. The maximum absolute atomic E-state index is 14.0. The topological polar surface area (TPSA) is 72.2 Å². The van der Waals surface area contributed by atoms with Gasteiger partial charge in [0.1, 0.15) is 4.90 Å². The molecule has 0 unspecified atom stereocenters. The van der Waals surface area contributed by atoms with E-state index >= 15 is 0 Å². The molecule has 8 heteroatoms. The molecule has 1 aromatic carbocycles. The van der Waals surface area contributed by atoms with Gasteiger partial charge < -0.3 is 5.73 Å². The van der Waals surface area contributed by atoms with Crippen molar-refractivity contribution in [2.24, 2.45) is 0 Å². The Morgan fingerprint density at radius 1 is 1.53 bits per heavy atom. The Bertz CT molecular complexity index is 632. The lowest BCUT2D eigenvalue weighted by Crippen LogP contribution is -2.50. The lowest BCUT2D eigenvalue weighted by Gasteiger charge is -2.38. The number of rotatable bonds is 3. The summed E-state index contributed by atoms with van der Waals surface area (Å²) in [7, 11) is -3.98. The summed E-state index contributed by atoms with van der Waals surface area (Å²) >= 11 is 8.84. The summed E-state index contributed by atoms with van der Waals surface area (Å²) in [5, 5.41) is 0.0537. The molecule has 0 heterocycles. The van der Waals surface area contributed by atoms with Crippen molar-refractivity contribution in [3.63, 3.8) is 0 Å². The van der Waals surface area contributed by atoms with E-state index < -0.39 is 26.3 Å². The molecule has 1 aliphatic carbocycles. The van der Waals surface area contributed by atoms with Crippen molar-refractivity contribution in [1.82, 2.24) is 4.72 Å². The summed E-state index contributed by atoms with van der Waals surface area (Å²) in [6.45, 7) is 1.79. The Kier molecular flexibility index (Phi) is 3.85. The van der Waals surface area contributed by atoms with Crippen LogP contribution >= 0.6 is 27.5 Å². The molecular weight excluding hydrogens is 359 g/mol. The summed E-state index contributed by atoms with van der Waals surface area (Å²) in [6.07, 6.45) is 2.41. The zero-order valence-electron chi connectivity index (χ0n) is 10.1. The molecule has 3 N–H and O–H groups in total. The van der Waals surface area contributed by atoms with E-state index in [2.05, 4.69) is 20.7 Å². The largest absolute Gasteiger partial charge is 0.395 e. The molecule has 0 aromatic heterocycles. The summed E-state index contributed by atoms with van der Waals surface area (Å²) in [5.41, 5.74) is 4.66. The highest BCUT2D eigenvalue weighted by atomic mass is 79.9. The minimum absolute atomic E-state index is 0.0537. The highest BCUT2D eigenvalue weighted by Crippen LogP contribution is 2.37. The van der Waals surface area contributed by atoms with Crippen LogP contribution < -0.4 is 10.5 Å². The molecule has 2 rings (SSSR count). The van der Waals surface area contributed by atoms with Crippen molar-refractivity contribution in [2.45, 2.75) is 36.6 Å². The van der Waals surface area contributed by atoms with E-state index in [1.807, 2.05) is 0 Å². The first kappa shape index (κ1) is 15.0. The average Bonchev–Trinajstić information content (AvgIpc) is 2.28. The number of halogens is 3. The van der Waals surface area contributed by atoms with Gasteiger partial charge in [0, 0.05) is 5.54 Å². The number of nitrogens with one attached hydrogen (secondary N) is 1. The fourth-order valence-electron chi connectivity index (χ4n) is 1.98. The minimum Gasteiger partial charge on any atom is -0.395 e. The normalized spacial score (nSPS) is 18.1. The van der Waals surface area contributed by atoms with Gasteiger partial charge in [0.25, 0.3) is 0 Å². The van der Waals surface area contributed by atoms with Crippen LogP contribution in [0.4, 0.5) is 10.1 Å². The Hall–Kier alpha value is -0.370. The van der Waals surface area contributed by atoms with E-state index in [-0.39, 0.29) is 15.2 Å². The lowest BCUT2D eigenvalue weighted by atomic mass is 9.80. The fourth-order valence-corrected chi connectivity index (χ4v) is 4.13. The molecule has 1 fully saturated rings. The molecule has 0 saturated heterocycles. The number of anilines is 1. The van der Waals surface area contributed by atoms with Gasteiger partial charge >= 0.3 is 0 Å². The average molecular weight is 372 g/mol. The summed E-state index contributed by atoms with van der Waals surface area (Å²) < 4.78 is 41.1. The van der Waals surface area contributed by atoms with Crippen molar-refractivity contribution in [1.29, 1.82) is 0 Å². The van der Waals surface area contributed by atoms with E-state index in [4.69, 9.17) is 17.3 Å². The number of nitrogens with two attached hydrogens (primary N) is 1. The maximum Gasteiger partial charge on any atom is 0.244 e. The number of nitrogen functional groups attached to an aromatic ring is 1. The Morgan fingerprint density at radius 3 is 2.58 bits per heavy atom. The van der Waals surface area contributed by atoms with Crippen LogP contribution in [-0.4, -0.2) is 14.0 Å². The second kappa shape index (κ2) is 4.87. The number of benzene rings is 1. The molecule has 106 valence electrons. The summed E-state index contributed by atoms with van der Waals surface area (Å²) in [4.78, 5) is -0.522. The van der Waals surface area contributed by atoms with Gasteiger partial charge in [-0.15, -0.1) is 0 Å². The van der Waals surface area contributed by atoms with E-state index in [0.717, 1.165) is 25.3 Å². The molecule has 0 amide bonds. The molecule has 1 aromatic rings. The van der Waals surface area contributed by atoms with Crippen LogP contribution in [0.15, 0.2) is 15.4 Å². The van der Waals surface area contributed by atoms with Gasteiger partial charge in [0.2, 0.25) is 10.0 Å². The highest BCUT2D eigenvalue weighted by Gasteiger charge is 2.37. The first-order valence-corrected chi connectivity index (χ1v) is 8.29. The van der Waals surface area contributed by atoms with Crippen molar-refractivity contribution >= 4 is 43.2 Å². The first-order valence-electron chi connectivity index (χ1n) is 5.63. The van der Waals surface area contributed by atoms with Crippen LogP contribution in [0.5, 0.6) is 0 Å². The van der Waals surface area contributed by atoms with E-state index in [1.165, 1.54) is 0 Å². The van der Waals surface area contributed by atoms with Gasteiger partial charge in [-0.25, -0.2) is 17.5 Å². The Balaban J connectivity index is 2.46. The maximum atomic E-state index is 14.0. The molecule has 4 nitrogen and oxygen atoms in total. The zero-order chi connectivity index (χ0) is 14.4.